The van der Waals surface area contributed by atoms with Gasteiger partial charge < -0.3 is 0 Å². The van der Waals surface area contributed by atoms with Crippen LogP contribution in [0, 0.1) is 0 Å². The molecule has 0 saturated carbocycles. The number of isocyanates is 2. The molecule has 0 N–H and O–H groups in total. The van der Waals surface area contributed by atoms with Crippen LogP contribution >= 0.6 is 11.8 Å². The molecule has 0 bridgehead atoms. The number of hydrogen-bond acceptors (Lipinski definition) is 5. The number of hydrogen-bond donors (Lipinski definition) is 0. The van der Waals surface area contributed by atoms with Gasteiger partial charge in [0, 0.05) is 10.5 Å². The molecular weight excluding hydrogens is 200 g/mol. The van der Waals surface area contributed by atoms with E-state index in [1.807, 2.05) is 0 Å². The SMILES string of the molecule is O=C=NCC1CCCC(CN=C=O)S1. The van der Waals surface area contributed by atoms with Crippen LogP contribution in [-0.2, 0) is 9.59 Å². The Morgan fingerprint density at radius 3 is 2.00 bits per heavy atom. The Morgan fingerprint density at radius 2 is 1.57 bits per heavy atom. The second-order valence-electron chi connectivity index (χ2n) is 3.17. The van der Waals surface area contributed by atoms with Gasteiger partial charge >= 0.3 is 0 Å². The van der Waals surface area contributed by atoms with Crippen LogP contribution in [0.15, 0.2) is 9.98 Å². The Bertz CT molecular complexity index is 244. The Kier molecular flexibility index (Phi) is 5.23. The molecule has 2 unspecified atom stereocenters. The van der Waals surface area contributed by atoms with Crippen molar-refractivity contribution < 1.29 is 9.59 Å². The fourth-order valence-electron chi connectivity index (χ4n) is 1.53. The van der Waals surface area contributed by atoms with Crippen LogP contribution in [0.3, 0.4) is 0 Å². The van der Waals surface area contributed by atoms with Crippen LogP contribution in [0.5, 0.6) is 0 Å². The van der Waals surface area contributed by atoms with Gasteiger partial charge in [-0.2, -0.15) is 11.8 Å². The molecule has 0 aromatic rings. The van der Waals surface area contributed by atoms with Gasteiger partial charge in [0.05, 0.1) is 13.1 Å². The van der Waals surface area contributed by atoms with Crippen LogP contribution < -0.4 is 0 Å². The molecule has 1 aliphatic rings. The number of carbonyl (C=O) groups excluding carboxylic acids is 2. The predicted octanol–water partition coefficient (Wildman–Crippen LogP) is 1.31. The maximum atomic E-state index is 9.93. The van der Waals surface area contributed by atoms with Crippen molar-refractivity contribution >= 4 is 23.9 Å². The van der Waals surface area contributed by atoms with E-state index in [1.165, 1.54) is 0 Å². The molecule has 1 fully saturated rings. The second kappa shape index (κ2) is 6.55. The predicted molar refractivity (Wildman–Crippen MR) is 55.0 cm³/mol. The Labute approximate surface area is 86.9 Å². The summed E-state index contributed by atoms with van der Waals surface area (Å²) in [6.45, 7) is 1.07. The Morgan fingerprint density at radius 1 is 1.07 bits per heavy atom. The molecule has 1 rings (SSSR count). The molecule has 0 amide bonds. The first kappa shape index (κ1) is 11.2. The largest absolute Gasteiger partial charge is 0.234 e. The van der Waals surface area contributed by atoms with Crippen molar-refractivity contribution in [2.45, 2.75) is 29.8 Å². The molecule has 5 heteroatoms. The maximum absolute atomic E-state index is 9.93. The molecule has 2 atom stereocenters. The summed E-state index contributed by atoms with van der Waals surface area (Å²) in [5.74, 6) is 0. The van der Waals surface area contributed by atoms with E-state index in [0.29, 0.717) is 23.6 Å². The van der Waals surface area contributed by atoms with Gasteiger partial charge in [-0.3, -0.25) is 0 Å². The van der Waals surface area contributed by atoms with Gasteiger partial charge in [-0.25, -0.2) is 19.6 Å². The molecule has 0 aliphatic carbocycles. The van der Waals surface area contributed by atoms with Gasteiger partial charge in [0.15, 0.2) is 0 Å². The lowest BCUT2D eigenvalue weighted by molar-refractivity contribution is 0.557. The molecule has 0 aromatic carbocycles. The zero-order valence-electron chi connectivity index (χ0n) is 7.81. The van der Waals surface area contributed by atoms with Crippen molar-refractivity contribution in [2.24, 2.45) is 9.98 Å². The summed E-state index contributed by atoms with van der Waals surface area (Å²) >= 11 is 1.77. The van der Waals surface area contributed by atoms with Crippen molar-refractivity contribution in [3.05, 3.63) is 0 Å². The summed E-state index contributed by atoms with van der Waals surface area (Å²) in [4.78, 5) is 27.0. The van der Waals surface area contributed by atoms with E-state index in [0.717, 1.165) is 19.3 Å². The topological polar surface area (TPSA) is 58.9 Å². The lowest BCUT2D eigenvalue weighted by Gasteiger charge is -2.25. The summed E-state index contributed by atoms with van der Waals surface area (Å²) in [5.41, 5.74) is 0. The summed E-state index contributed by atoms with van der Waals surface area (Å²) in [5, 5.41) is 0.772. The fourth-order valence-corrected chi connectivity index (χ4v) is 3.00. The molecule has 0 spiro atoms. The minimum atomic E-state index is 0.386. The van der Waals surface area contributed by atoms with E-state index in [9.17, 15) is 9.59 Å². The van der Waals surface area contributed by atoms with Crippen LogP contribution in [0.25, 0.3) is 0 Å². The third-order valence-electron chi connectivity index (χ3n) is 2.16. The molecule has 0 aromatic heterocycles. The van der Waals surface area contributed by atoms with E-state index >= 15 is 0 Å². The van der Waals surface area contributed by atoms with Crippen molar-refractivity contribution in [2.75, 3.05) is 13.1 Å². The zero-order valence-corrected chi connectivity index (χ0v) is 8.63. The highest BCUT2D eigenvalue weighted by atomic mass is 32.2. The quantitative estimate of drug-likeness (QED) is 0.521. The zero-order chi connectivity index (χ0) is 10.2. The van der Waals surface area contributed by atoms with Crippen molar-refractivity contribution in [1.82, 2.24) is 0 Å². The maximum Gasteiger partial charge on any atom is 0.234 e. The smallest absolute Gasteiger partial charge is 0.211 e. The average molecular weight is 212 g/mol. The lowest BCUT2D eigenvalue weighted by Crippen LogP contribution is -2.21. The highest BCUT2D eigenvalue weighted by molar-refractivity contribution is 8.00. The van der Waals surface area contributed by atoms with Crippen molar-refractivity contribution in [3.63, 3.8) is 0 Å². The third-order valence-corrected chi connectivity index (χ3v) is 3.70. The van der Waals surface area contributed by atoms with Gasteiger partial charge in [0.1, 0.15) is 0 Å². The first-order valence-corrected chi connectivity index (χ1v) is 5.54. The fraction of sp³-hybridized carbons (Fsp3) is 0.778. The van der Waals surface area contributed by atoms with Crippen LogP contribution in [-0.4, -0.2) is 35.7 Å². The summed E-state index contributed by atoms with van der Waals surface area (Å²) < 4.78 is 0. The summed E-state index contributed by atoms with van der Waals surface area (Å²) in [6.07, 6.45) is 6.37. The van der Waals surface area contributed by atoms with E-state index in [-0.39, 0.29) is 0 Å². The Balaban J connectivity index is 2.34. The molecular formula is C9H12N2O2S. The van der Waals surface area contributed by atoms with E-state index < -0.39 is 0 Å². The summed E-state index contributed by atoms with van der Waals surface area (Å²) in [7, 11) is 0. The Hall–Kier alpha value is -0.890. The minimum Gasteiger partial charge on any atom is -0.211 e. The molecule has 14 heavy (non-hydrogen) atoms. The van der Waals surface area contributed by atoms with E-state index in [1.54, 1.807) is 23.9 Å². The van der Waals surface area contributed by atoms with E-state index in [2.05, 4.69) is 9.98 Å². The highest BCUT2D eigenvalue weighted by Gasteiger charge is 2.21. The van der Waals surface area contributed by atoms with Crippen LogP contribution in [0.1, 0.15) is 19.3 Å². The van der Waals surface area contributed by atoms with Gasteiger partial charge in [-0.05, 0) is 12.8 Å². The van der Waals surface area contributed by atoms with E-state index in [4.69, 9.17) is 0 Å². The number of aliphatic imine (C=N–C) groups is 2. The second-order valence-corrected chi connectivity index (χ2v) is 4.78. The van der Waals surface area contributed by atoms with Crippen LogP contribution in [0.2, 0.25) is 0 Å². The number of nitrogens with zero attached hydrogens (tertiary/aromatic N) is 2. The monoisotopic (exact) mass is 212 g/mol. The molecule has 1 heterocycles. The van der Waals surface area contributed by atoms with Gasteiger partial charge in [0.25, 0.3) is 0 Å². The van der Waals surface area contributed by atoms with Gasteiger partial charge in [-0.1, -0.05) is 6.42 Å². The average Bonchev–Trinajstić information content (AvgIpc) is 2.24. The number of thioether (sulfide) groups is 1. The van der Waals surface area contributed by atoms with Crippen LogP contribution in [0.4, 0.5) is 0 Å². The standard InChI is InChI=1S/C9H12N2O2S/c12-6-10-4-8-2-1-3-9(14-8)5-11-7-13/h8-9H,1-5H2. The van der Waals surface area contributed by atoms with Crippen molar-refractivity contribution in [1.29, 1.82) is 0 Å². The number of rotatable bonds is 4. The first-order chi connectivity index (χ1) is 6.86. The molecule has 1 aliphatic heterocycles. The third kappa shape index (κ3) is 3.88. The highest BCUT2D eigenvalue weighted by Crippen LogP contribution is 2.31. The van der Waals surface area contributed by atoms with Crippen molar-refractivity contribution in [3.8, 4) is 0 Å². The summed E-state index contributed by atoms with van der Waals surface area (Å²) in [6, 6.07) is 0. The lowest BCUT2D eigenvalue weighted by atomic mass is 10.1. The molecule has 1 saturated heterocycles. The minimum absolute atomic E-state index is 0.386. The van der Waals surface area contributed by atoms with Gasteiger partial charge in [0.2, 0.25) is 12.2 Å². The van der Waals surface area contributed by atoms with Gasteiger partial charge in [-0.15, -0.1) is 0 Å². The molecule has 0 radical (unpaired) electrons. The first-order valence-electron chi connectivity index (χ1n) is 4.59. The molecule has 76 valence electrons. The molecule has 4 nitrogen and oxygen atoms in total. The normalized spacial score (nSPS) is 26.0.